The van der Waals surface area contributed by atoms with E-state index in [1.165, 1.54) is 24.0 Å². The highest BCUT2D eigenvalue weighted by molar-refractivity contribution is 7.95. The van der Waals surface area contributed by atoms with Crippen molar-refractivity contribution in [3.8, 4) is 0 Å². The third-order valence-corrected chi connectivity index (χ3v) is 7.38. The molecule has 3 aromatic rings. The van der Waals surface area contributed by atoms with Gasteiger partial charge in [0, 0.05) is 16.3 Å². The quantitative estimate of drug-likeness (QED) is 0.540. The van der Waals surface area contributed by atoms with Crippen LogP contribution in [0.1, 0.15) is 28.9 Å². The lowest BCUT2D eigenvalue weighted by molar-refractivity contribution is -0.117. The van der Waals surface area contributed by atoms with Crippen molar-refractivity contribution in [2.45, 2.75) is 17.9 Å². The number of aliphatic hydroxyl groups is 1. The number of halogens is 1. The molecule has 0 aromatic heterocycles. The molecule has 0 spiro atoms. The predicted octanol–water partition coefficient (Wildman–Crippen LogP) is 4.87. The summed E-state index contributed by atoms with van der Waals surface area (Å²) >= 11 is 6.01. The number of anilines is 1. The van der Waals surface area contributed by atoms with Gasteiger partial charge in [0.2, 0.25) is 9.84 Å². The van der Waals surface area contributed by atoms with Crippen molar-refractivity contribution < 1.29 is 23.1 Å². The number of sulfone groups is 1. The first kappa shape index (κ1) is 21.8. The van der Waals surface area contributed by atoms with Gasteiger partial charge in [0.25, 0.3) is 5.91 Å². The van der Waals surface area contributed by atoms with Gasteiger partial charge in [-0.05, 0) is 61.0 Å². The Bertz CT molecular complexity index is 1330. The Morgan fingerprint density at radius 1 is 0.938 bits per heavy atom. The van der Waals surface area contributed by atoms with E-state index in [1.54, 1.807) is 66.7 Å². The molecule has 1 aliphatic rings. The Morgan fingerprint density at radius 2 is 1.53 bits per heavy atom. The highest BCUT2D eigenvalue weighted by Gasteiger charge is 2.47. The number of hydrogen-bond donors (Lipinski definition) is 1. The first-order chi connectivity index (χ1) is 15.2. The molecular formula is C24H18ClNO5S. The minimum absolute atomic E-state index is 0.0397. The fraction of sp³-hybridized carbons (Fsp3) is 0.0833. The Labute approximate surface area is 190 Å². The van der Waals surface area contributed by atoms with Gasteiger partial charge in [0.15, 0.2) is 11.5 Å². The maximum absolute atomic E-state index is 13.5. The average Bonchev–Trinajstić information content (AvgIpc) is 3.06. The molecule has 0 aliphatic carbocycles. The van der Waals surface area contributed by atoms with Crippen molar-refractivity contribution in [1.29, 1.82) is 0 Å². The molecule has 0 saturated carbocycles. The molecule has 0 unspecified atom stereocenters. The number of amides is 1. The number of Topliss-reactive ketones (excluding diaryl/α,β-unsaturated/α-hetero) is 1. The Hall–Kier alpha value is -3.42. The fourth-order valence-corrected chi connectivity index (χ4v) is 5.43. The second-order valence-electron chi connectivity index (χ2n) is 7.26. The molecule has 1 atom stereocenters. The Balaban J connectivity index is 1.91. The minimum Gasteiger partial charge on any atom is -0.502 e. The molecule has 0 radical (unpaired) electrons. The summed E-state index contributed by atoms with van der Waals surface area (Å²) in [6.07, 6.45) is 0. The summed E-state index contributed by atoms with van der Waals surface area (Å²) in [5.74, 6) is -1.84. The molecule has 3 aromatic carbocycles. The summed E-state index contributed by atoms with van der Waals surface area (Å²) in [5.41, 5.74) is 1.24. The summed E-state index contributed by atoms with van der Waals surface area (Å²) in [7, 11) is -4.21. The SMILES string of the molecule is CC(=O)c1ccc(N2C(=O)C(O)=C(S(=O)(=O)c3ccccc3)[C@H]2c2ccc(Cl)cc2)cc1. The van der Waals surface area contributed by atoms with Crippen LogP contribution < -0.4 is 4.90 Å². The van der Waals surface area contributed by atoms with Crippen LogP contribution in [0.2, 0.25) is 5.02 Å². The van der Waals surface area contributed by atoms with E-state index >= 15 is 0 Å². The van der Waals surface area contributed by atoms with Gasteiger partial charge in [-0.1, -0.05) is 41.9 Å². The number of ketones is 1. The van der Waals surface area contributed by atoms with E-state index in [2.05, 4.69) is 0 Å². The van der Waals surface area contributed by atoms with Gasteiger partial charge in [-0.2, -0.15) is 0 Å². The van der Waals surface area contributed by atoms with Gasteiger partial charge in [-0.15, -0.1) is 0 Å². The van der Waals surface area contributed by atoms with Crippen LogP contribution in [0.4, 0.5) is 5.69 Å². The molecule has 1 aliphatic heterocycles. The van der Waals surface area contributed by atoms with Crippen LogP contribution >= 0.6 is 11.6 Å². The number of benzene rings is 3. The largest absolute Gasteiger partial charge is 0.502 e. The standard InChI is InChI=1S/C24H18ClNO5S/c1-15(27)16-9-13-19(14-10-16)26-21(17-7-11-18(25)12-8-17)23(22(28)24(26)29)32(30,31)20-5-3-2-4-6-20/h2-14,21,28H,1H3/t21-/m1/s1. The lowest BCUT2D eigenvalue weighted by Crippen LogP contribution is -2.31. The predicted molar refractivity (Wildman–Crippen MR) is 121 cm³/mol. The van der Waals surface area contributed by atoms with Crippen molar-refractivity contribution in [3.63, 3.8) is 0 Å². The van der Waals surface area contributed by atoms with Crippen molar-refractivity contribution in [2.75, 3.05) is 4.90 Å². The van der Waals surface area contributed by atoms with Gasteiger partial charge in [0.1, 0.15) is 10.9 Å². The van der Waals surface area contributed by atoms with Gasteiger partial charge in [0.05, 0.1) is 4.90 Å². The van der Waals surface area contributed by atoms with Crippen LogP contribution in [0.15, 0.2) is 94.4 Å². The molecule has 32 heavy (non-hydrogen) atoms. The van der Waals surface area contributed by atoms with Crippen molar-refractivity contribution in [1.82, 2.24) is 0 Å². The average molecular weight is 468 g/mol. The molecular weight excluding hydrogens is 450 g/mol. The molecule has 8 heteroatoms. The maximum Gasteiger partial charge on any atom is 0.295 e. The van der Waals surface area contributed by atoms with E-state index in [1.807, 2.05) is 0 Å². The van der Waals surface area contributed by atoms with Crippen LogP contribution in [0.5, 0.6) is 0 Å². The molecule has 4 rings (SSSR count). The highest BCUT2D eigenvalue weighted by atomic mass is 35.5. The smallest absolute Gasteiger partial charge is 0.295 e. The monoisotopic (exact) mass is 467 g/mol. The third kappa shape index (κ3) is 3.70. The zero-order valence-electron chi connectivity index (χ0n) is 16.9. The first-order valence-electron chi connectivity index (χ1n) is 9.65. The van der Waals surface area contributed by atoms with E-state index in [9.17, 15) is 23.1 Å². The van der Waals surface area contributed by atoms with Crippen molar-refractivity contribution >= 4 is 38.8 Å². The lowest BCUT2D eigenvalue weighted by atomic mass is 10.1. The Morgan fingerprint density at radius 3 is 2.09 bits per heavy atom. The van der Waals surface area contributed by atoms with E-state index in [0.717, 1.165) is 0 Å². The van der Waals surface area contributed by atoms with Gasteiger partial charge in [-0.3, -0.25) is 14.5 Å². The van der Waals surface area contributed by atoms with E-state index in [4.69, 9.17) is 11.6 Å². The topological polar surface area (TPSA) is 91.8 Å². The first-order valence-corrected chi connectivity index (χ1v) is 11.5. The van der Waals surface area contributed by atoms with E-state index < -0.39 is 32.5 Å². The molecule has 0 bridgehead atoms. The van der Waals surface area contributed by atoms with Crippen LogP contribution in [-0.2, 0) is 14.6 Å². The molecule has 1 N–H and O–H groups in total. The zero-order valence-corrected chi connectivity index (χ0v) is 18.5. The second kappa shape index (κ2) is 8.26. The minimum atomic E-state index is -4.21. The number of nitrogens with zero attached hydrogens (tertiary/aromatic N) is 1. The van der Waals surface area contributed by atoms with Crippen LogP contribution in [0, 0.1) is 0 Å². The molecule has 0 fully saturated rings. The molecule has 1 heterocycles. The van der Waals surface area contributed by atoms with Gasteiger partial charge in [-0.25, -0.2) is 8.42 Å². The zero-order chi connectivity index (χ0) is 23.0. The Kier molecular flexibility index (Phi) is 5.62. The summed E-state index contributed by atoms with van der Waals surface area (Å²) < 4.78 is 27.0. The van der Waals surface area contributed by atoms with Crippen molar-refractivity contribution in [3.05, 3.63) is 106 Å². The third-order valence-electron chi connectivity index (χ3n) is 5.24. The van der Waals surface area contributed by atoms with Gasteiger partial charge >= 0.3 is 0 Å². The molecule has 6 nitrogen and oxygen atoms in total. The number of rotatable bonds is 5. The van der Waals surface area contributed by atoms with E-state index in [0.29, 0.717) is 21.8 Å². The number of hydrogen-bond acceptors (Lipinski definition) is 5. The molecule has 0 saturated heterocycles. The normalized spacial score (nSPS) is 16.5. The van der Waals surface area contributed by atoms with Crippen LogP contribution in [0.25, 0.3) is 0 Å². The summed E-state index contributed by atoms with van der Waals surface area (Å²) in [6, 6.07) is 19.1. The number of aliphatic hydroxyl groups excluding tert-OH is 1. The second-order valence-corrected chi connectivity index (χ2v) is 9.62. The van der Waals surface area contributed by atoms with Gasteiger partial charge < -0.3 is 5.11 Å². The summed E-state index contributed by atoms with van der Waals surface area (Å²) in [6.45, 7) is 1.42. The molecule has 1 amide bonds. The number of carbonyl (C=O) groups is 2. The highest BCUT2D eigenvalue weighted by Crippen LogP contribution is 2.44. The van der Waals surface area contributed by atoms with Crippen molar-refractivity contribution in [2.24, 2.45) is 0 Å². The summed E-state index contributed by atoms with van der Waals surface area (Å²) in [5, 5.41) is 11.2. The number of carbonyl (C=O) groups excluding carboxylic acids is 2. The summed E-state index contributed by atoms with van der Waals surface area (Å²) in [4.78, 5) is 25.5. The van der Waals surface area contributed by atoms with Crippen LogP contribution in [0.3, 0.4) is 0 Å². The molecule has 162 valence electrons. The van der Waals surface area contributed by atoms with E-state index in [-0.39, 0.29) is 10.7 Å². The fourth-order valence-electron chi connectivity index (χ4n) is 3.65. The maximum atomic E-state index is 13.5. The van der Waals surface area contributed by atoms with Crippen LogP contribution in [-0.4, -0.2) is 25.2 Å². The lowest BCUT2D eigenvalue weighted by Gasteiger charge is -2.27.